The number of aliphatic hydroxyl groups is 1. The van der Waals surface area contributed by atoms with E-state index >= 15 is 0 Å². The summed E-state index contributed by atoms with van der Waals surface area (Å²) in [5.41, 5.74) is 1.86. The van der Waals surface area contributed by atoms with Gasteiger partial charge in [0.25, 0.3) is 0 Å². The van der Waals surface area contributed by atoms with E-state index in [-0.39, 0.29) is 12.5 Å². The quantitative estimate of drug-likeness (QED) is 0.694. The first-order valence-corrected chi connectivity index (χ1v) is 6.25. The van der Waals surface area contributed by atoms with E-state index in [1.54, 1.807) is 7.11 Å². The molecule has 0 fully saturated rings. The molecule has 1 aromatic rings. The smallest absolute Gasteiger partial charge is 0.224 e. The van der Waals surface area contributed by atoms with Gasteiger partial charge in [-0.1, -0.05) is 12.1 Å². The first kappa shape index (κ1) is 14.7. The average molecular weight is 251 g/mol. The highest BCUT2D eigenvalue weighted by Gasteiger charge is 2.02. The zero-order chi connectivity index (χ0) is 13.2. The lowest BCUT2D eigenvalue weighted by atomic mass is 10.1. The van der Waals surface area contributed by atoms with Crippen LogP contribution < -0.4 is 5.32 Å². The summed E-state index contributed by atoms with van der Waals surface area (Å²) in [6.07, 6.45) is 2.90. The Bertz CT molecular complexity index is 349. The van der Waals surface area contributed by atoms with Gasteiger partial charge in [0, 0.05) is 32.4 Å². The summed E-state index contributed by atoms with van der Waals surface area (Å²) in [5.74, 6) is 0.0287. The SMILES string of the molecule is COCCCCC(=O)Nc1ccc(CCO)cc1. The summed E-state index contributed by atoms with van der Waals surface area (Å²) < 4.78 is 4.93. The lowest BCUT2D eigenvalue weighted by Crippen LogP contribution is -2.11. The number of methoxy groups -OCH3 is 1. The number of nitrogens with one attached hydrogen (secondary N) is 1. The van der Waals surface area contributed by atoms with Gasteiger partial charge < -0.3 is 15.2 Å². The van der Waals surface area contributed by atoms with E-state index in [9.17, 15) is 4.79 Å². The second kappa shape index (κ2) is 8.66. The number of carbonyl (C=O) groups excluding carboxylic acids is 1. The predicted octanol–water partition coefficient (Wildman–Crippen LogP) is 1.98. The molecule has 2 N–H and O–H groups in total. The minimum absolute atomic E-state index is 0.0287. The third-order valence-electron chi connectivity index (χ3n) is 2.64. The molecule has 18 heavy (non-hydrogen) atoms. The maximum Gasteiger partial charge on any atom is 0.224 e. The second-order valence-corrected chi connectivity index (χ2v) is 4.17. The number of amides is 1. The van der Waals surface area contributed by atoms with Crippen molar-refractivity contribution in [3.05, 3.63) is 29.8 Å². The highest BCUT2D eigenvalue weighted by atomic mass is 16.5. The third kappa shape index (κ3) is 5.80. The molecule has 0 bridgehead atoms. The highest BCUT2D eigenvalue weighted by Crippen LogP contribution is 2.10. The topological polar surface area (TPSA) is 58.6 Å². The number of hydrogen-bond acceptors (Lipinski definition) is 3. The summed E-state index contributed by atoms with van der Waals surface area (Å²) in [5, 5.41) is 11.6. The molecule has 4 nitrogen and oxygen atoms in total. The fraction of sp³-hybridized carbons (Fsp3) is 0.500. The van der Waals surface area contributed by atoms with Gasteiger partial charge in [0.05, 0.1) is 0 Å². The summed E-state index contributed by atoms with van der Waals surface area (Å²) in [6.45, 7) is 0.842. The molecule has 0 aliphatic carbocycles. The van der Waals surface area contributed by atoms with Crippen LogP contribution in [0.1, 0.15) is 24.8 Å². The van der Waals surface area contributed by atoms with Gasteiger partial charge in [0.2, 0.25) is 5.91 Å². The maximum absolute atomic E-state index is 11.6. The van der Waals surface area contributed by atoms with Gasteiger partial charge in [0.1, 0.15) is 0 Å². The van der Waals surface area contributed by atoms with Crippen molar-refractivity contribution in [3.63, 3.8) is 0 Å². The van der Waals surface area contributed by atoms with Gasteiger partial charge in [-0.15, -0.1) is 0 Å². The molecule has 0 spiro atoms. The van der Waals surface area contributed by atoms with Crippen LogP contribution in [0.25, 0.3) is 0 Å². The van der Waals surface area contributed by atoms with Crippen LogP contribution in [0.4, 0.5) is 5.69 Å². The Labute approximate surface area is 108 Å². The molecule has 1 amide bonds. The number of unbranched alkanes of at least 4 members (excludes halogenated alkanes) is 1. The first-order chi connectivity index (χ1) is 8.76. The van der Waals surface area contributed by atoms with E-state index < -0.39 is 0 Å². The number of carbonyl (C=O) groups is 1. The number of benzene rings is 1. The molecule has 0 saturated carbocycles. The van der Waals surface area contributed by atoms with Crippen LogP contribution in [0.2, 0.25) is 0 Å². The lowest BCUT2D eigenvalue weighted by molar-refractivity contribution is -0.116. The zero-order valence-corrected chi connectivity index (χ0v) is 10.8. The minimum atomic E-state index is 0.0287. The summed E-state index contributed by atoms with van der Waals surface area (Å²) in [6, 6.07) is 7.55. The van der Waals surface area contributed by atoms with E-state index in [1.165, 1.54) is 0 Å². The molecule has 0 atom stereocenters. The van der Waals surface area contributed by atoms with Crippen LogP contribution in [0, 0.1) is 0 Å². The summed E-state index contributed by atoms with van der Waals surface area (Å²) >= 11 is 0. The van der Waals surface area contributed by atoms with Crippen LogP contribution >= 0.6 is 0 Å². The molecule has 0 aliphatic rings. The average Bonchev–Trinajstić information content (AvgIpc) is 2.37. The Morgan fingerprint density at radius 1 is 1.28 bits per heavy atom. The van der Waals surface area contributed by atoms with E-state index in [2.05, 4.69) is 5.32 Å². The van der Waals surface area contributed by atoms with Crippen LogP contribution in [0.15, 0.2) is 24.3 Å². The zero-order valence-electron chi connectivity index (χ0n) is 10.8. The molecule has 0 heterocycles. The maximum atomic E-state index is 11.6. The van der Waals surface area contributed by atoms with Crippen molar-refractivity contribution in [2.45, 2.75) is 25.7 Å². The monoisotopic (exact) mass is 251 g/mol. The van der Waals surface area contributed by atoms with Crippen molar-refractivity contribution in [1.82, 2.24) is 0 Å². The molecule has 0 aromatic heterocycles. The van der Waals surface area contributed by atoms with Gasteiger partial charge in [-0.2, -0.15) is 0 Å². The van der Waals surface area contributed by atoms with Crippen molar-refractivity contribution in [1.29, 1.82) is 0 Å². The Balaban J connectivity index is 2.30. The third-order valence-corrected chi connectivity index (χ3v) is 2.64. The molecule has 1 rings (SSSR count). The number of hydrogen-bond donors (Lipinski definition) is 2. The Morgan fingerprint density at radius 2 is 2.00 bits per heavy atom. The first-order valence-electron chi connectivity index (χ1n) is 6.25. The number of ether oxygens (including phenoxy) is 1. The molecule has 0 unspecified atom stereocenters. The van der Waals surface area contributed by atoms with E-state index in [0.717, 1.165) is 24.1 Å². The van der Waals surface area contributed by atoms with E-state index in [4.69, 9.17) is 9.84 Å². The van der Waals surface area contributed by atoms with Crippen molar-refractivity contribution in [2.75, 3.05) is 25.6 Å². The Kier molecular flexibility index (Phi) is 7.06. The fourth-order valence-electron chi connectivity index (χ4n) is 1.64. The van der Waals surface area contributed by atoms with Crippen LogP contribution in [-0.4, -0.2) is 31.3 Å². The van der Waals surface area contributed by atoms with Crippen LogP contribution in [-0.2, 0) is 16.0 Å². The van der Waals surface area contributed by atoms with Crippen LogP contribution in [0.5, 0.6) is 0 Å². The summed E-state index contributed by atoms with van der Waals surface area (Å²) in [7, 11) is 1.66. The standard InChI is InChI=1S/C14H21NO3/c1-18-11-3-2-4-14(17)15-13-7-5-12(6-8-13)9-10-16/h5-8,16H,2-4,9-11H2,1H3,(H,15,17). The number of anilines is 1. The van der Waals surface area contributed by atoms with Gasteiger partial charge in [0.15, 0.2) is 0 Å². The second-order valence-electron chi connectivity index (χ2n) is 4.17. The fourth-order valence-corrected chi connectivity index (χ4v) is 1.64. The lowest BCUT2D eigenvalue weighted by Gasteiger charge is -2.06. The molecule has 0 saturated heterocycles. The molecular weight excluding hydrogens is 230 g/mol. The van der Waals surface area contributed by atoms with E-state index in [1.807, 2.05) is 24.3 Å². The normalized spacial score (nSPS) is 10.3. The van der Waals surface area contributed by atoms with Crippen LogP contribution in [0.3, 0.4) is 0 Å². The molecule has 4 heteroatoms. The highest BCUT2D eigenvalue weighted by molar-refractivity contribution is 5.90. The van der Waals surface area contributed by atoms with E-state index in [0.29, 0.717) is 19.4 Å². The number of aliphatic hydroxyl groups excluding tert-OH is 1. The molecule has 100 valence electrons. The van der Waals surface area contributed by atoms with Crippen molar-refractivity contribution >= 4 is 11.6 Å². The minimum Gasteiger partial charge on any atom is -0.396 e. The predicted molar refractivity (Wildman–Crippen MR) is 71.6 cm³/mol. The Morgan fingerprint density at radius 3 is 2.61 bits per heavy atom. The van der Waals surface area contributed by atoms with Crippen molar-refractivity contribution in [3.8, 4) is 0 Å². The van der Waals surface area contributed by atoms with Gasteiger partial charge in [-0.25, -0.2) is 0 Å². The van der Waals surface area contributed by atoms with Gasteiger partial charge in [-0.05, 0) is 37.0 Å². The molecule has 0 radical (unpaired) electrons. The largest absolute Gasteiger partial charge is 0.396 e. The van der Waals surface area contributed by atoms with Crippen molar-refractivity contribution < 1.29 is 14.6 Å². The summed E-state index contributed by atoms with van der Waals surface area (Å²) in [4.78, 5) is 11.6. The van der Waals surface area contributed by atoms with Crippen molar-refractivity contribution in [2.24, 2.45) is 0 Å². The molecule has 0 aliphatic heterocycles. The number of rotatable bonds is 8. The van der Waals surface area contributed by atoms with Gasteiger partial charge in [-0.3, -0.25) is 4.79 Å². The molecular formula is C14H21NO3. The molecule has 1 aromatic carbocycles. The Hall–Kier alpha value is -1.39. The van der Waals surface area contributed by atoms with Gasteiger partial charge >= 0.3 is 0 Å².